The van der Waals surface area contributed by atoms with Gasteiger partial charge in [0.1, 0.15) is 5.76 Å². The molecule has 6 heteroatoms. The van der Waals surface area contributed by atoms with E-state index in [0.29, 0.717) is 13.0 Å². The molecule has 0 aliphatic rings. The highest BCUT2D eigenvalue weighted by atomic mass is 32.1. The largest absolute Gasteiger partial charge is 0.469 e. The Balaban J connectivity index is 1.73. The maximum atomic E-state index is 12.2. The standard InChI is InChI=1S/C16H22FN3OS/c17-8-3-9-18-16(19-10-6-14-4-1-12-21-14)20-11-7-15-5-2-13-22-15/h1-2,4-5,12-13H,3,6-11H2,(H2,18,19,20). The smallest absolute Gasteiger partial charge is 0.191 e. The van der Waals surface area contributed by atoms with Crippen molar-refractivity contribution in [3.8, 4) is 0 Å². The highest BCUT2D eigenvalue weighted by Crippen LogP contribution is 2.08. The summed E-state index contributed by atoms with van der Waals surface area (Å²) in [5, 5.41) is 8.62. The minimum Gasteiger partial charge on any atom is -0.469 e. The van der Waals surface area contributed by atoms with E-state index in [1.807, 2.05) is 12.1 Å². The van der Waals surface area contributed by atoms with Gasteiger partial charge in [-0.2, -0.15) is 0 Å². The zero-order chi connectivity index (χ0) is 15.5. The second-order valence-electron chi connectivity index (χ2n) is 4.79. The summed E-state index contributed by atoms with van der Waals surface area (Å²) in [7, 11) is 0. The second-order valence-corrected chi connectivity index (χ2v) is 5.82. The van der Waals surface area contributed by atoms with Gasteiger partial charge < -0.3 is 15.1 Å². The number of furan rings is 1. The van der Waals surface area contributed by atoms with Gasteiger partial charge in [0, 0.05) is 30.9 Å². The van der Waals surface area contributed by atoms with Crippen LogP contribution < -0.4 is 10.6 Å². The molecule has 0 spiro atoms. The number of nitrogens with one attached hydrogen (secondary N) is 2. The summed E-state index contributed by atoms with van der Waals surface area (Å²) >= 11 is 1.75. The van der Waals surface area contributed by atoms with Gasteiger partial charge in [0.15, 0.2) is 5.96 Å². The molecule has 120 valence electrons. The first kappa shape index (κ1) is 16.5. The van der Waals surface area contributed by atoms with Crippen molar-refractivity contribution in [1.29, 1.82) is 0 Å². The van der Waals surface area contributed by atoms with Crippen LogP contribution in [0.5, 0.6) is 0 Å². The number of rotatable bonds is 9. The lowest BCUT2D eigenvalue weighted by atomic mass is 10.3. The minimum atomic E-state index is -0.335. The van der Waals surface area contributed by atoms with E-state index in [0.717, 1.165) is 37.7 Å². The van der Waals surface area contributed by atoms with Gasteiger partial charge in [-0.3, -0.25) is 9.38 Å². The number of guanidine groups is 1. The molecule has 2 aromatic heterocycles. The van der Waals surface area contributed by atoms with Crippen molar-refractivity contribution in [3.63, 3.8) is 0 Å². The average molecular weight is 323 g/mol. The Morgan fingerprint density at radius 2 is 2.05 bits per heavy atom. The van der Waals surface area contributed by atoms with E-state index >= 15 is 0 Å². The molecule has 0 aliphatic heterocycles. The number of halogens is 1. The lowest BCUT2D eigenvalue weighted by Gasteiger charge is -2.11. The zero-order valence-corrected chi connectivity index (χ0v) is 13.4. The van der Waals surface area contributed by atoms with E-state index in [4.69, 9.17) is 4.42 Å². The summed E-state index contributed by atoms with van der Waals surface area (Å²) in [5.74, 6) is 1.67. The number of thiophene rings is 1. The summed E-state index contributed by atoms with van der Waals surface area (Å²) in [6.45, 7) is 1.70. The molecule has 4 nitrogen and oxygen atoms in total. The molecule has 0 saturated carbocycles. The molecule has 2 rings (SSSR count). The fraction of sp³-hybridized carbons (Fsp3) is 0.438. The van der Waals surface area contributed by atoms with Crippen LogP contribution in [0.15, 0.2) is 45.3 Å². The first-order valence-electron chi connectivity index (χ1n) is 7.51. The Bertz CT molecular complexity index is 483. The quantitative estimate of drug-likeness (QED) is 0.424. The molecule has 0 bridgehead atoms. The van der Waals surface area contributed by atoms with Crippen LogP contribution in [0.4, 0.5) is 4.39 Å². The monoisotopic (exact) mass is 323 g/mol. The van der Waals surface area contributed by atoms with Crippen LogP contribution in [-0.4, -0.2) is 32.3 Å². The van der Waals surface area contributed by atoms with Crippen LogP contribution >= 0.6 is 11.3 Å². The van der Waals surface area contributed by atoms with Gasteiger partial charge in [0.25, 0.3) is 0 Å². The van der Waals surface area contributed by atoms with E-state index in [9.17, 15) is 4.39 Å². The van der Waals surface area contributed by atoms with Gasteiger partial charge in [-0.1, -0.05) is 6.07 Å². The Labute approximate surface area is 134 Å². The number of hydrogen-bond acceptors (Lipinski definition) is 3. The third-order valence-electron chi connectivity index (χ3n) is 3.05. The summed E-state index contributed by atoms with van der Waals surface area (Å²) in [6.07, 6.45) is 3.88. The molecule has 0 aliphatic carbocycles. The van der Waals surface area contributed by atoms with E-state index in [2.05, 4.69) is 33.1 Å². The molecule has 0 atom stereocenters. The Hall–Kier alpha value is -1.82. The topological polar surface area (TPSA) is 49.6 Å². The molecular formula is C16H22FN3OS. The minimum absolute atomic E-state index is 0.335. The van der Waals surface area contributed by atoms with Crippen LogP contribution in [0, 0.1) is 0 Å². The first-order valence-corrected chi connectivity index (χ1v) is 8.39. The zero-order valence-electron chi connectivity index (χ0n) is 12.6. The summed E-state index contributed by atoms with van der Waals surface area (Å²) < 4.78 is 17.5. The first-order chi connectivity index (χ1) is 10.9. The highest BCUT2D eigenvalue weighted by molar-refractivity contribution is 7.09. The van der Waals surface area contributed by atoms with Crippen molar-refractivity contribution in [2.45, 2.75) is 19.3 Å². The SMILES string of the molecule is FCCCN=C(NCCc1ccco1)NCCc1cccs1. The molecule has 2 N–H and O–H groups in total. The van der Waals surface area contributed by atoms with Crippen molar-refractivity contribution in [2.24, 2.45) is 4.99 Å². The fourth-order valence-electron chi connectivity index (χ4n) is 1.94. The van der Waals surface area contributed by atoms with Gasteiger partial charge in [-0.15, -0.1) is 11.3 Å². The van der Waals surface area contributed by atoms with Crippen LogP contribution in [-0.2, 0) is 12.8 Å². The molecule has 0 amide bonds. The Morgan fingerprint density at radius 1 is 1.18 bits per heavy atom. The lowest BCUT2D eigenvalue weighted by molar-refractivity contribution is 0.477. The van der Waals surface area contributed by atoms with Gasteiger partial charge in [0.05, 0.1) is 12.9 Å². The maximum Gasteiger partial charge on any atom is 0.191 e. The van der Waals surface area contributed by atoms with Gasteiger partial charge in [-0.05, 0) is 36.4 Å². The van der Waals surface area contributed by atoms with E-state index < -0.39 is 0 Å². The van der Waals surface area contributed by atoms with Crippen LogP contribution in [0.2, 0.25) is 0 Å². The molecule has 0 radical (unpaired) electrons. The van der Waals surface area contributed by atoms with Crippen LogP contribution in [0.3, 0.4) is 0 Å². The summed E-state index contributed by atoms with van der Waals surface area (Å²) in [6, 6.07) is 8.01. The molecule has 0 unspecified atom stereocenters. The third-order valence-corrected chi connectivity index (χ3v) is 3.99. The summed E-state index contributed by atoms with van der Waals surface area (Å²) in [5.41, 5.74) is 0. The highest BCUT2D eigenvalue weighted by Gasteiger charge is 2.01. The summed E-state index contributed by atoms with van der Waals surface area (Å²) in [4.78, 5) is 5.72. The number of nitrogens with zero attached hydrogens (tertiary/aromatic N) is 1. The van der Waals surface area contributed by atoms with Gasteiger partial charge >= 0.3 is 0 Å². The number of alkyl halides is 1. The predicted molar refractivity (Wildman–Crippen MR) is 89.3 cm³/mol. The normalized spacial score (nSPS) is 11.6. The number of hydrogen-bond donors (Lipinski definition) is 2. The van der Waals surface area contributed by atoms with Gasteiger partial charge in [0.2, 0.25) is 0 Å². The average Bonchev–Trinajstić information content (AvgIpc) is 3.20. The molecule has 2 aromatic rings. The molecule has 22 heavy (non-hydrogen) atoms. The van der Waals surface area contributed by atoms with Crippen molar-refractivity contribution in [1.82, 2.24) is 10.6 Å². The van der Waals surface area contributed by atoms with Crippen LogP contribution in [0.25, 0.3) is 0 Å². The Morgan fingerprint density at radius 3 is 2.73 bits per heavy atom. The van der Waals surface area contributed by atoms with Crippen molar-refractivity contribution >= 4 is 17.3 Å². The van der Waals surface area contributed by atoms with Crippen LogP contribution in [0.1, 0.15) is 17.1 Å². The molecule has 2 heterocycles. The van der Waals surface area contributed by atoms with E-state index in [1.165, 1.54) is 4.88 Å². The number of aliphatic imine (C=N–C) groups is 1. The van der Waals surface area contributed by atoms with E-state index in [1.54, 1.807) is 17.6 Å². The Kier molecular flexibility index (Phi) is 7.52. The predicted octanol–water partition coefficient (Wildman–Crippen LogP) is 3.02. The fourth-order valence-corrected chi connectivity index (χ4v) is 2.65. The van der Waals surface area contributed by atoms with Gasteiger partial charge in [-0.25, -0.2) is 0 Å². The maximum absolute atomic E-state index is 12.2. The molecule has 0 fully saturated rings. The molecule has 0 saturated heterocycles. The van der Waals surface area contributed by atoms with Crippen molar-refractivity contribution < 1.29 is 8.81 Å². The lowest BCUT2D eigenvalue weighted by Crippen LogP contribution is -2.39. The van der Waals surface area contributed by atoms with Crippen molar-refractivity contribution in [2.75, 3.05) is 26.3 Å². The molecular weight excluding hydrogens is 301 g/mol. The van der Waals surface area contributed by atoms with Crippen molar-refractivity contribution in [3.05, 3.63) is 46.5 Å². The molecule has 0 aromatic carbocycles. The third kappa shape index (κ3) is 6.30. The second kappa shape index (κ2) is 10.00. The van der Waals surface area contributed by atoms with E-state index in [-0.39, 0.29) is 6.67 Å².